The molecule has 2 unspecified atom stereocenters. The van der Waals surface area contributed by atoms with Crippen LogP contribution in [0.15, 0.2) is 30.5 Å². The zero-order chi connectivity index (χ0) is 13.4. The molecule has 1 aromatic carbocycles. The van der Waals surface area contributed by atoms with Crippen LogP contribution in [0.3, 0.4) is 0 Å². The number of pyridine rings is 1. The van der Waals surface area contributed by atoms with Crippen molar-refractivity contribution in [2.75, 3.05) is 23.7 Å². The molecule has 3 rings (SSSR count). The van der Waals surface area contributed by atoms with Gasteiger partial charge in [-0.25, -0.2) is 0 Å². The van der Waals surface area contributed by atoms with Crippen molar-refractivity contribution >= 4 is 22.3 Å². The Labute approximate surface area is 114 Å². The highest BCUT2D eigenvalue weighted by atomic mass is 15.1. The molecule has 2 aromatic rings. The molecule has 0 aliphatic carbocycles. The minimum atomic E-state index is 0.751. The molecule has 100 valence electrons. The number of fused-ring (bicyclic) bond motifs is 1. The summed E-state index contributed by atoms with van der Waals surface area (Å²) >= 11 is 0. The lowest BCUT2D eigenvalue weighted by Crippen LogP contribution is -2.38. The van der Waals surface area contributed by atoms with Crippen molar-refractivity contribution in [3.8, 4) is 0 Å². The van der Waals surface area contributed by atoms with Crippen molar-refractivity contribution in [1.29, 1.82) is 0 Å². The monoisotopic (exact) mass is 255 g/mol. The Kier molecular flexibility index (Phi) is 3.05. The average molecular weight is 255 g/mol. The van der Waals surface area contributed by atoms with E-state index in [-0.39, 0.29) is 0 Å². The van der Waals surface area contributed by atoms with E-state index in [1.165, 1.54) is 17.5 Å². The molecular weight excluding hydrogens is 234 g/mol. The topological polar surface area (TPSA) is 42.2 Å². The summed E-state index contributed by atoms with van der Waals surface area (Å²) in [6.07, 6.45) is 3.22. The van der Waals surface area contributed by atoms with Gasteiger partial charge in [-0.2, -0.15) is 0 Å². The van der Waals surface area contributed by atoms with Crippen molar-refractivity contribution in [1.82, 2.24) is 4.98 Å². The molecule has 1 aromatic heterocycles. The normalized spacial score (nSPS) is 23.8. The molecule has 3 nitrogen and oxygen atoms in total. The summed E-state index contributed by atoms with van der Waals surface area (Å²) in [6, 6.07) is 8.14. The number of anilines is 2. The van der Waals surface area contributed by atoms with Gasteiger partial charge in [0.05, 0.1) is 5.52 Å². The number of hydrogen-bond acceptors (Lipinski definition) is 3. The Bertz CT molecular complexity index is 584. The molecule has 1 saturated heterocycles. The zero-order valence-corrected chi connectivity index (χ0v) is 11.6. The van der Waals surface area contributed by atoms with Crippen LogP contribution in [-0.4, -0.2) is 18.1 Å². The fourth-order valence-electron chi connectivity index (χ4n) is 3.29. The Morgan fingerprint density at radius 1 is 1.16 bits per heavy atom. The van der Waals surface area contributed by atoms with E-state index in [1.807, 2.05) is 18.3 Å². The van der Waals surface area contributed by atoms with E-state index in [4.69, 9.17) is 5.73 Å². The lowest BCUT2D eigenvalue weighted by atomic mass is 9.91. The molecule has 0 bridgehead atoms. The van der Waals surface area contributed by atoms with Crippen LogP contribution in [0.4, 0.5) is 11.4 Å². The van der Waals surface area contributed by atoms with E-state index < -0.39 is 0 Å². The smallest absolute Gasteiger partial charge is 0.0743 e. The number of hydrogen-bond donors (Lipinski definition) is 1. The summed E-state index contributed by atoms with van der Waals surface area (Å²) < 4.78 is 0. The molecule has 2 N–H and O–H groups in total. The molecule has 3 heteroatoms. The number of nitrogen functional groups attached to an aromatic ring is 1. The van der Waals surface area contributed by atoms with E-state index >= 15 is 0 Å². The van der Waals surface area contributed by atoms with Crippen molar-refractivity contribution in [3.63, 3.8) is 0 Å². The van der Waals surface area contributed by atoms with Crippen LogP contribution < -0.4 is 10.6 Å². The van der Waals surface area contributed by atoms with Crippen LogP contribution in [0, 0.1) is 11.8 Å². The maximum atomic E-state index is 5.84. The Balaban J connectivity index is 2.04. The van der Waals surface area contributed by atoms with E-state index in [0.29, 0.717) is 0 Å². The summed E-state index contributed by atoms with van der Waals surface area (Å²) in [7, 11) is 0. The number of rotatable bonds is 1. The first-order valence-electron chi connectivity index (χ1n) is 7.02. The van der Waals surface area contributed by atoms with E-state index in [2.05, 4.69) is 35.9 Å². The van der Waals surface area contributed by atoms with Crippen LogP contribution in [0.5, 0.6) is 0 Å². The summed E-state index contributed by atoms with van der Waals surface area (Å²) in [5.74, 6) is 1.50. The lowest BCUT2D eigenvalue weighted by Gasteiger charge is -2.37. The molecule has 0 spiro atoms. The Hall–Kier alpha value is -1.77. The first-order valence-corrected chi connectivity index (χ1v) is 7.02. The fraction of sp³-hybridized carbons (Fsp3) is 0.438. The molecular formula is C16H21N3. The van der Waals surface area contributed by atoms with Crippen LogP contribution in [0.2, 0.25) is 0 Å². The van der Waals surface area contributed by atoms with Gasteiger partial charge in [0.25, 0.3) is 0 Å². The van der Waals surface area contributed by atoms with Crippen molar-refractivity contribution in [2.45, 2.75) is 20.3 Å². The predicted molar refractivity (Wildman–Crippen MR) is 81.3 cm³/mol. The minimum absolute atomic E-state index is 0.751. The van der Waals surface area contributed by atoms with Gasteiger partial charge in [-0.15, -0.1) is 0 Å². The zero-order valence-electron chi connectivity index (χ0n) is 11.6. The van der Waals surface area contributed by atoms with Gasteiger partial charge >= 0.3 is 0 Å². The number of aromatic nitrogens is 1. The third-order valence-electron chi connectivity index (χ3n) is 3.95. The van der Waals surface area contributed by atoms with Crippen LogP contribution >= 0.6 is 0 Å². The quantitative estimate of drug-likeness (QED) is 0.795. The molecule has 1 fully saturated rings. The van der Waals surface area contributed by atoms with E-state index in [1.54, 1.807) is 0 Å². The van der Waals surface area contributed by atoms with Gasteiger partial charge in [-0.05, 0) is 42.5 Å². The first-order chi connectivity index (χ1) is 9.13. The second-order valence-electron chi connectivity index (χ2n) is 5.96. The number of nitrogens with two attached hydrogens (primary N) is 1. The van der Waals surface area contributed by atoms with Gasteiger partial charge in [-0.3, -0.25) is 4.98 Å². The summed E-state index contributed by atoms with van der Waals surface area (Å²) in [5, 5.41) is 1.21. The highest BCUT2D eigenvalue weighted by molar-refractivity contribution is 5.93. The molecule has 2 heterocycles. The van der Waals surface area contributed by atoms with Gasteiger partial charge < -0.3 is 10.6 Å². The first kappa shape index (κ1) is 12.3. The van der Waals surface area contributed by atoms with Gasteiger partial charge in [-0.1, -0.05) is 13.8 Å². The molecule has 0 amide bonds. The average Bonchev–Trinajstić information content (AvgIpc) is 2.36. The lowest BCUT2D eigenvalue weighted by molar-refractivity contribution is 0.357. The van der Waals surface area contributed by atoms with Gasteiger partial charge in [0.2, 0.25) is 0 Å². The maximum absolute atomic E-state index is 5.84. The second kappa shape index (κ2) is 4.72. The maximum Gasteiger partial charge on any atom is 0.0743 e. The van der Waals surface area contributed by atoms with Crippen molar-refractivity contribution in [3.05, 3.63) is 30.5 Å². The van der Waals surface area contributed by atoms with Crippen molar-refractivity contribution in [2.24, 2.45) is 11.8 Å². The van der Waals surface area contributed by atoms with Crippen LogP contribution in [0.1, 0.15) is 20.3 Å². The van der Waals surface area contributed by atoms with E-state index in [0.717, 1.165) is 36.1 Å². The molecule has 19 heavy (non-hydrogen) atoms. The summed E-state index contributed by atoms with van der Waals surface area (Å²) in [5.41, 5.74) is 8.90. The third-order valence-corrected chi connectivity index (χ3v) is 3.95. The molecule has 2 atom stereocenters. The van der Waals surface area contributed by atoms with E-state index in [9.17, 15) is 0 Å². The largest absolute Gasteiger partial charge is 0.399 e. The highest BCUT2D eigenvalue weighted by Gasteiger charge is 2.23. The minimum Gasteiger partial charge on any atom is -0.399 e. The third kappa shape index (κ3) is 2.37. The van der Waals surface area contributed by atoms with Gasteiger partial charge in [0.15, 0.2) is 0 Å². The van der Waals surface area contributed by atoms with Gasteiger partial charge in [0.1, 0.15) is 0 Å². The predicted octanol–water partition coefficient (Wildman–Crippen LogP) is 3.30. The van der Waals surface area contributed by atoms with Crippen LogP contribution in [0.25, 0.3) is 10.9 Å². The van der Waals surface area contributed by atoms with Gasteiger partial charge in [0, 0.05) is 36.0 Å². The number of piperidine rings is 1. The number of benzene rings is 1. The Morgan fingerprint density at radius 3 is 2.63 bits per heavy atom. The summed E-state index contributed by atoms with van der Waals surface area (Å²) in [6.45, 7) is 6.94. The Morgan fingerprint density at radius 2 is 1.89 bits per heavy atom. The van der Waals surface area contributed by atoms with Crippen molar-refractivity contribution < 1.29 is 0 Å². The van der Waals surface area contributed by atoms with Crippen LogP contribution in [-0.2, 0) is 0 Å². The molecule has 0 radical (unpaired) electrons. The standard InChI is InChI=1S/C16H21N3/c1-11-7-12(2)10-19(9-11)16-5-6-18-15-8-13(17)3-4-14(15)16/h3-6,8,11-12H,7,9-10,17H2,1-2H3. The highest BCUT2D eigenvalue weighted by Crippen LogP contribution is 2.31. The second-order valence-corrected chi connectivity index (χ2v) is 5.96. The molecule has 1 aliphatic heterocycles. The fourth-order valence-corrected chi connectivity index (χ4v) is 3.29. The summed E-state index contributed by atoms with van der Waals surface area (Å²) in [4.78, 5) is 6.93. The molecule has 0 saturated carbocycles. The SMILES string of the molecule is CC1CC(C)CN(c2ccnc3cc(N)ccc23)C1. The molecule has 1 aliphatic rings. The number of nitrogens with zero attached hydrogens (tertiary/aromatic N) is 2.